The SMILES string of the molecule is CC[C@H](C)CCCF. The zero-order chi connectivity index (χ0) is 6.41. The predicted molar refractivity (Wildman–Crippen MR) is 34.7 cm³/mol. The van der Waals surface area contributed by atoms with E-state index in [9.17, 15) is 4.39 Å². The molecule has 0 N–H and O–H groups in total. The van der Waals surface area contributed by atoms with Crippen LogP contribution >= 0.6 is 0 Å². The van der Waals surface area contributed by atoms with Gasteiger partial charge in [0.05, 0.1) is 6.67 Å². The lowest BCUT2D eigenvalue weighted by Crippen LogP contribution is -1.91. The molecule has 0 aliphatic heterocycles. The molecule has 8 heavy (non-hydrogen) atoms. The summed E-state index contributed by atoms with van der Waals surface area (Å²) in [7, 11) is 0. The summed E-state index contributed by atoms with van der Waals surface area (Å²) in [6.45, 7) is 4.16. The van der Waals surface area contributed by atoms with Crippen LogP contribution in [0.25, 0.3) is 0 Å². The van der Waals surface area contributed by atoms with Gasteiger partial charge in [0.2, 0.25) is 0 Å². The molecule has 0 saturated carbocycles. The van der Waals surface area contributed by atoms with Crippen molar-refractivity contribution < 1.29 is 4.39 Å². The lowest BCUT2D eigenvalue weighted by molar-refractivity contribution is 0.412. The molecule has 0 amide bonds. The molecule has 0 aromatic rings. The first-order chi connectivity index (χ1) is 3.81. The van der Waals surface area contributed by atoms with Gasteiger partial charge in [-0.25, -0.2) is 0 Å². The Hall–Kier alpha value is -0.0700. The number of alkyl halides is 1. The van der Waals surface area contributed by atoms with Gasteiger partial charge >= 0.3 is 0 Å². The zero-order valence-electron chi connectivity index (χ0n) is 5.78. The third kappa shape index (κ3) is 4.10. The maximum Gasteiger partial charge on any atom is 0.0894 e. The third-order valence-electron chi connectivity index (χ3n) is 1.53. The minimum atomic E-state index is -0.148. The Bertz CT molecular complexity index is 43.7. The van der Waals surface area contributed by atoms with Crippen LogP contribution in [0.3, 0.4) is 0 Å². The van der Waals surface area contributed by atoms with Crippen LogP contribution in [-0.2, 0) is 0 Å². The topological polar surface area (TPSA) is 0 Å². The Morgan fingerprint density at radius 1 is 1.50 bits per heavy atom. The van der Waals surface area contributed by atoms with Gasteiger partial charge in [-0.1, -0.05) is 20.3 Å². The summed E-state index contributed by atoms with van der Waals surface area (Å²) in [6, 6.07) is 0. The molecule has 0 heterocycles. The fourth-order valence-electron chi connectivity index (χ4n) is 0.630. The Balaban J connectivity index is 2.86. The van der Waals surface area contributed by atoms with E-state index in [0.29, 0.717) is 5.92 Å². The molecule has 0 aliphatic rings. The summed E-state index contributed by atoms with van der Waals surface area (Å²) in [4.78, 5) is 0. The van der Waals surface area contributed by atoms with Gasteiger partial charge in [-0.15, -0.1) is 0 Å². The van der Waals surface area contributed by atoms with E-state index in [-0.39, 0.29) is 6.67 Å². The second-order valence-corrected chi connectivity index (χ2v) is 2.34. The van der Waals surface area contributed by atoms with Crippen molar-refractivity contribution in [2.24, 2.45) is 5.92 Å². The monoisotopic (exact) mass is 118 g/mol. The average molecular weight is 118 g/mol. The van der Waals surface area contributed by atoms with E-state index in [0.717, 1.165) is 12.8 Å². The van der Waals surface area contributed by atoms with E-state index in [4.69, 9.17) is 0 Å². The van der Waals surface area contributed by atoms with Crippen molar-refractivity contribution in [2.45, 2.75) is 33.1 Å². The first kappa shape index (κ1) is 7.93. The number of hydrogen-bond acceptors (Lipinski definition) is 0. The van der Waals surface area contributed by atoms with Gasteiger partial charge in [0, 0.05) is 0 Å². The van der Waals surface area contributed by atoms with Crippen LogP contribution in [0.1, 0.15) is 33.1 Å². The highest BCUT2D eigenvalue weighted by Crippen LogP contribution is 2.08. The Kier molecular flexibility index (Phi) is 5.03. The normalized spacial score (nSPS) is 13.9. The molecule has 0 radical (unpaired) electrons. The number of rotatable bonds is 4. The fourth-order valence-corrected chi connectivity index (χ4v) is 0.630. The quantitative estimate of drug-likeness (QED) is 0.532. The van der Waals surface area contributed by atoms with Crippen molar-refractivity contribution in [1.82, 2.24) is 0 Å². The zero-order valence-corrected chi connectivity index (χ0v) is 5.78. The van der Waals surface area contributed by atoms with Gasteiger partial charge in [0.1, 0.15) is 0 Å². The molecule has 0 spiro atoms. The Morgan fingerprint density at radius 3 is 2.50 bits per heavy atom. The van der Waals surface area contributed by atoms with Gasteiger partial charge in [-0.2, -0.15) is 0 Å². The van der Waals surface area contributed by atoms with Crippen LogP contribution in [0.4, 0.5) is 4.39 Å². The molecule has 0 bridgehead atoms. The van der Waals surface area contributed by atoms with Crippen LogP contribution in [0.5, 0.6) is 0 Å². The van der Waals surface area contributed by atoms with Crippen LogP contribution in [0, 0.1) is 5.92 Å². The predicted octanol–water partition coefficient (Wildman–Crippen LogP) is 2.78. The summed E-state index contributed by atoms with van der Waals surface area (Å²) < 4.78 is 11.5. The van der Waals surface area contributed by atoms with E-state index >= 15 is 0 Å². The molecule has 1 heteroatoms. The molecule has 0 rings (SSSR count). The summed E-state index contributed by atoms with van der Waals surface area (Å²) in [5.74, 6) is 0.714. The average Bonchev–Trinajstić information content (AvgIpc) is 1.83. The van der Waals surface area contributed by atoms with Crippen molar-refractivity contribution in [3.8, 4) is 0 Å². The van der Waals surface area contributed by atoms with E-state index in [1.807, 2.05) is 0 Å². The van der Waals surface area contributed by atoms with Gasteiger partial charge in [-0.05, 0) is 18.8 Å². The fraction of sp³-hybridized carbons (Fsp3) is 1.00. The second-order valence-electron chi connectivity index (χ2n) is 2.34. The van der Waals surface area contributed by atoms with Crippen molar-refractivity contribution >= 4 is 0 Å². The highest BCUT2D eigenvalue weighted by molar-refractivity contribution is 4.48. The van der Waals surface area contributed by atoms with Crippen molar-refractivity contribution in [1.29, 1.82) is 0 Å². The molecular formula is C7H15F. The maximum atomic E-state index is 11.5. The Labute approximate surface area is 51.1 Å². The van der Waals surface area contributed by atoms with Crippen LogP contribution < -0.4 is 0 Å². The molecule has 0 unspecified atom stereocenters. The number of hydrogen-bond donors (Lipinski definition) is 0. The van der Waals surface area contributed by atoms with Gasteiger partial charge < -0.3 is 0 Å². The van der Waals surface area contributed by atoms with Crippen molar-refractivity contribution in [3.05, 3.63) is 0 Å². The lowest BCUT2D eigenvalue weighted by Gasteiger charge is -2.03. The first-order valence-corrected chi connectivity index (χ1v) is 3.37. The van der Waals surface area contributed by atoms with E-state index in [2.05, 4.69) is 13.8 Å². The molecule has 50 valence electrons. The lowest BCUT2D eigenvalue weighted by atomic mass is 10.0. The molecule has 0 aliphatic carbocycles. The summed E-state index contributed by atoms with van der Waals surface area (Å²) >= 11 is 0. The van der Waals surface area contributed by atoms with E-state index in [1.54, 1.807) is 0 Å². The van der Waals surface area contributed by atoms with E-state index < -0.39 is 0 Å². The van der Waals surface area contributed by atoms with Gasteiger partial charge in [0.25, 0.3) is 0 Å². The van der Waals surface area contributed by atoms with Crippen LogP contribution in [-0.4, -0.2) is 6.67 Å². The third-order valence-corrected chi connectivity index (χ3v) is 1.53. The van der Waals surface area contributed by atoms with Crippen molar-refractivity contribution in [3.63, 3.8) is 0 Å². The van der Waals surface area contributed by atoms with E-state index in [1.165, 1.54) is 6.42 Å². The summed E-state index contributed by atoms with van der Waals surface area (Å²) in [5.41, 5.74) is 0. The smallest absolute Gasteiger partial charge is 0.0894 e. The largest absolute Gasteiger partial charge is 0.251 e. The van der Waals surface area contributed by atoms with Gasteiger partial charge in [-0.3, -0.25) is 4.39 Å². The Morgan fingerprint density at radius 2 is 2.12 bits per heavy atom. The minimum absolute atomic E-state index is 0.148. The minimum Gasteiger partial charge on any atom is -0.251 e. The summed E-state index contributed by atoms with van der Waals surface area (Å²) in [5, 5.41) is 0. The highest BCUT2D eigenvalue weighted by atomic mass is 19.1. The molecular weight excluding hydrogens is 103 g/mol. The second kappa shape index (κ2) is 5.07. The standard InChI is InChI=1S/C7H15F/c1-3-7(2)5-4-6-8/h7H,3-6H2,1-2H3/t7-/m0/s1. The van der Waals surface area contributed by atoms with Crippen molar-refractivity contribution in [2.75, 3.05) is 6.67 Å². The van der Waals surface area contributed by atoms with Crippen LogP contribution in [0.2, 0.25) is 0 Å². The molecule has 0 saturated heterocycles. The summed E-state index contributed by atoms with van der Waals surface area (Å²) in [6.07, 6.45) is 2.97. The number of halogens is 1. The van der Waals surface area contributed by atoms with Crippen LogP contribution in [0.15, 0.2) is 0 Å². The highest BCUT2D eigenvalue weighted by Gasteiger charge is 1.95. The molecule has 0 aromatic carbocycles. The molecule has 0 fully saturated rings. The van der Waals surface area contributed by atoms with Gasteiger partial charge in [0.15, 0.2) is 0 Å². The molecule has 0 nitrogen and oxygen atoms in total. The molecule has 0 aromatic heterocycles. The first-order valence-electron chi connectivity index (χ1n) is 3.37. The molecule has 1 atom stereocenters. The maximum absolute atomic E-state index is 11.5.